The first-order valence-corrected chi connectivity index (χ1v) is 14.4. The predicted molar refractivity (Wildman–Crippen MR) is 151 cm³/mol. The van der Waals surface area contributed by atoms with Gasteiger partial charge >= 0.3 is 0 Å². The summed E-state index contributed by atoms with van der Waals surface area (Å²) in [5, 5.41) is 0. The van der Waals surface area contributed by atoms with Gasteiger partial charge < -0.3 is 0 Å². The van der Waals surface area contributed by atoms with Crippen molar-refractivity contribution in [1.29, 1.82) is 0 Å². The van der Waals surface area contributed by atoms with Gasteiger partial charge in [-0.1, -0.05) is 127 Å². The molecule has 0 aliphatic heterocycles. The van der Waals surface area contributed by atoms with Gasteiger partial charge in [-0.15, -0.1) is 0 Å². The van der Waals surface area contributed by atoms with Crippen LogP contribution in [-0.4, -0.2) is 0 Å². The molecule has 0 radical (unpaired) electrons. The fourth-order valence-corrected chi connectivity index (χ4v) is 4.97. The van der Waals surface area contributed by atoms with Crippen LogP contribution in [0.15, 0.2) is 54.6 Å². The minimum atomic E-state index is -0.963. The molecule has 0 aliphatic carbocycles. The minimum absolute atomic E-state index is 0.0247. The van der Waals surface area contributed by atoms with Crippen LogP contribution >= 0.6 is 0 Å². The zero-order valence-corrected chi connectivity index (χ0v) is 22.7. The van der Waals surface area contributed by atoms with E-state index in [9.17, 15) is 8.78 Å². The van der Waals surface area contributed by atoms with Gasteiger partial charge in [-0.2, -0.15) is 0 Å². The minimum Gasteiger partial charge on any atom is -0.206 e. The van der Waals surface area contributed by atoms with Crippen LogP contribution in [0.25, 0.3) is 22.3 Å². The van der Waals surface area contributed by atoms with E-state index in [2.05, 4.69) is 26.0 Å². The molecule has 0 nitrogen and oxygen atoms in total. The number of hydrogen-bond donors (Lipinski definition) is 0. The molecule has 37 heavy (non-hydrogen) atoms. The first-order valence-electron chi connectivity index (χ1n) is 14.4. The molecular weight excluding hydrogens is 465 g/mol. The standard InChI is InChI=1S/C34H43F3/c1-3-5-7-9-10-12-14-16-28-21-24-31(34(37)33(28)36)30-23-22-29(25-32(30)35)27-19-17-26(18-20-27)15-13-11-8-6-4-2/h17-25H,3-16H2,1-2H3. The smallest absolute Gasteiger partial charge is 0.167 e. The molecule has 0 heterocycles. The molecule has 0 amide bonds. The van der Waals surface area contributed by atoms with Crippen molar-refractivity contribution in [2.45, 2.75) is 104 Å². The highest BCUT2D eigenvalue weighted by atomic mass is 19.2. The highest BCUT2D eigenvalue weighted by molar-refractivity contribution is 5.71. The average molecular weight is 509 g/mol. The van der Waals surface area contributed by atoms with Crippen LogP contribution in [-0.2, 0) is 12.8 Å². The Kier molecular flexibility index (Phi) is 12.3. The lowest BCUT2D eigenvalue weighted by molar-refractivity contribution is 0.496. The Bertz CT molecular complexity index is 1080. The van der Waals surface area contributed by atoms with E-state index < -0.39 is 17.5 Å². The summed E-state index contributed by atoms with van der Waals surface area (Å²) in [5.74, 6) is -2.36. The van der Waals surface area contributed by atoms with Crippen molar-refractivity contribution in [3.63, 3.8) is 0 Å². The number of aryl methyl sites for hydroxylation is 2. The summed E-state index contributed by atoms with van der Waals surface area (Å²) in [6.07, 6.45) is 15.7. The third-order valence-electron chi connectivity index (χ3n) is 7.33. The molecule has 0 spiro atoms. The Hall–Kier alpha value is -2.55. The zero-order valence-electron chi connectivity index (χ0n) is 22.7. The third-order valence-corrected chi connectivity index (χ3v) is 7.33. The van der Waals surface area contributed by atoms with Crippen molar-refractivity contribution in [2.75, 3.05) is 0 Å². The molecule has 0 N–H and O–H groups in total. The molecule has 0 aliphatic rings. The topological polar surface area (TPSA) is 0 Å². The first kappa shape index (κ1) is 29.0. The van der Waals surface area contributed by atoms with Crippen LogP contribution in [0.5, 0.6) is 0 Å². The van der Waals surface area contributed by atoms with Crippen LogP contribution < -0.4 is 0 Å². The lowest BCUT2D eigenvalue weighted by Crippen LogP contribution is -1.99. The molecule has 0 fully saturated rings. The Morgan fingerprint density at radius 2 is 1.03 bits per heavy atom. The van der Waals surface area contributed by atoms with Crippen LogP contribution in [0.3, 0.4) is 0 Å². The number of hydrogen-bond acceptors (Lipinski definition) is 0. The zero-order chi connectivity index (χ0) is 26.5. The summed E-state index contributed by atoms with van der Waals surface area (Å²) in [7, 11) is 0. The number of benzene rings is 3. The molecule has 200 valence electrons. The molecule has 0 bridgehead atoms. The van der Waals surface area contributed by atoms with Gasteiger partial charge in [0.25, 0.3) is 0 Å². The Morgan fingerprint density at radius 3 is 1.65 bits per heavy atom. The molecule has 3 aromatic carbocycles. The number of unbranched alkanes of at least 4 members (excludes halogenated alkanes) is 10. The molecule has 3 rings (SSSR count). The highest BCUT2D eigenvalue weighted by Crippen LogP contribution is 2.32. The third kappa shape index (κ3) is 8.76. The SMILES string of the molecule is CCCCCCCCCc1ccc(-c2ccc(-c3ccc(CCCCCCC)cc3)cc2F)c(F)c1F. The fourth-order valence-electron chi connectivity index (χ4n) is 4.97. The molecule has 0 atom stereocenters. The van der Waals surface area contributed by atoms with Gasteiger partial charge in [0, 0.05) is 11.1 Å². The van der Waals surface area contributed by atoms with Crippen molar-refractivity contribution in [2.24, 2.45) is 0 Å². The molecule has 0 saturated carbocycles. The second kappa shape index (κ2) is 15.6. The van der Waals surface area contributed by atoms with E-state index in [1.165, 1.54) is 75.5 Å². The summed E-state index contributed by atoms with van der Waals surface area (Å²) in [5.41, 5.74) is 3.36. The van der Waals surface area contributed by atoms with Gasteiger partial charge in [0.15, 0.2) is 11.6 Å². The Morgan fingerprint density at radius 1 is 0.486 bits per heavy atom. The van der Waals surface area contributed by atoms with E-state index in [0.717, 1.165) is 36.8 Å². The molecule has 0 saturated heterocycles. The summed E-state index contributed by atoms with van der Waals surface area (Å²) in [6, 6.07) is 16.1. The van der Waals surface area contributed by atoms with Crippen LogP contribution in [0, 0.1) is 17.5 Å². The van der Waals surface area contributed by atoms with Gasteiger partial charge in [0.05, 0.1) is 0 Å². The van der Waals surface area contributed by atoms with Crippen LogP contribution in [0.2, 0.25) is 0 Å². The van der Waals surface area contributed by atoms with E-state index >= 15 is 4.39 Å². The molecule has 3 heteroatoms. The average Bonchev–Trinajstić information content (AvgIpc) is 2.91. The van der Waals surface area contributed by atoms with E-state index in [1.54, 1.807) is 18.2 Å². The molecule has 0 unspecified atom stereocenters. The monoisotopic (exact) mass is 508 g/mol. The van der Waals surface area contributed by atoms with Gasteiger partial charge in [-0.3, -0.25) is 0 Å². The van der Waals surface area contributed by atoms with E-state index in [-0.39, 0.29) is 11.1 Å². The Labute approximate surface area is 222 Å². The largest absolute Gasteiger partial charge is 0.206 e. The summed E-state index contributed by atoms with van der Waals surface area (Å²) in [4.78, 5) is 0. The Balaban J connectivity index is 1.61. The van der Waals surface area contributed by atoms with Crippen molar-refractivity contribution in [1.82, 2.24) is 0 Å². The number of rotatable bonds is 16. The van der Waals surface area contributed by atoms with Crippen molar-refractivity contribution >= 4 is 0 Å². The maximum Gasteiger partial charge on any atom is 0.167 e. The van der Waals surface area contributed by atoms with E-state index in [4.69, 9.17) is 0 Å². The normalized spacial score (nSPS) is 11.3. The summed E-state index contributed by atoms with van der Waals surface area (Å²) in [6.45, 7) is 4.41. The van der Waals surface area contributed by atoms with Gasteiger partial charge in [0.2, 0.25) is 0 Å². The van der Waals surface area contributed by atoms with Crippen LogP contribution in [0.1, 0.15) is 102 Å². The van der Waals surface area contributed by atoms with Crippen LogP contribution in [0.4, 0.5) is 13.2 Å². The fraction of sp³-hybridized carbons (Fsp3) is 0.471. The predicted octanol–water partition coefficient (Wildman–Crippen LogP) is 11.2. The maximum absolute atomic E-state index is 15.1. The second-order valence-corrected chi connectivity index (χ2v) is 10.3. The number of halogens is 3. The molecule has 0 aromatic heterocycles. The van der Waals surface area contributed by atoms with Gasteiger partial charge in [0.1, 0.15) is 5.82 Å². The highest BCUT2D eigenvalue weighted by Gasteiger charge is 2.17. The van der Waals surface area contributed by atoms with Gasteiger partial charge in [-0.25, -0.2) is 13.2 Å². The van der Waals surface area contributed by atoms with Gasteiger partial charge in [-0.05, 0) is 54.0 Å². The van der Waals surface area contributed by atoms with Crippen molar-refractivity contribution < 1.29 is 13.2 Å². The van der Waals surface area contributed by atoms with Crippen molar-refractivity contribution in [3.05, 3.63) is 83.2 Å². The second-order valence-electron chi connectivity index (χ2n) is 10.3. The maximum atomic E-state index is 15.1. The quantitative estimate of drug-likeness (QED) is 0.169. The lowest BCUT2D eigenvalue weighted by atomic mass is 9.96. The van der Waals surface area contributed by atoms with Crippen molar-refractivity contribution in [3.8, 4) is 22.3 Å². The summed E-state index contributed by atoms with van der Waals surface area (Å²) >= 11 is 0. The molecular formula is C34H43F3. The summed E-state index contributed by atoms with van der Waals surface area (Å²) < 4.78 is 44.8. The lowest BCUT2D eigenvalue weighted by Gasteiger charge is -2.11. The first-order chi connectivity index (χ1) is 18.0. The van der Waals surface area contributed by atoms with E-state index in [1.807, 2.05) is 12.1 Å². The van der Waals surface area contributed by atoms with E-state index in [0.29, 0.717) is 12.0 Å². The molecule has 3 aromatic rings.